The molecule has 0 fully saturated rings. The summed E-state index contributed by atoms with van der Waals surface area (Å²) < 4.78 is 5.41. The highest BCUT2D eigenvalue weighted by atomic mass is 32.1. The summed E-state index contributed by atoms with van der Waals surface area (Å²) in [4.78, 5) is 0.424. The summed E-state index contributed by atoms with van der Waals surface area (Å²) in [6, 6.07) is 15.9. The minimum absolute atomic E-state index is 0.424. The third kappa shape index (κ3) is 2.87. The molecule has 0 saturated carbocycles. The highest BCUT2D eigenvalue weighted by molar-refractivity contribution is 7.80. The third-order valence-electron chi connectivity index (χ3n) is 2.67. The Morgan fingerprint density at radius 2 is 1.50 bits per heavy atom. The summed E-state index contributed by atoms with van der Waals surface area (Å²) >= 11 is 4.93. The van der Waals surface area contributed by atoms with Gasteiger partial charge in [-0.05, 0) is 30.2 Å². The Hall–Kier alpha value is -1.87. The first-order valence-corrected chi connectivity index (χ1v) is 6.24. The van der Waals surface area contributed by atoms with Gasteiger partial charge in [-0.15, -0.1) is 0 Å². The summed E-state index contributed by atoms with van der Waals surface area (Å²) in [6.45, 7) is 2.66. The van der Waals surface area contributed by atoms with Crippen molar-refractivity contribution in [3.63, 3.8) is 0 Å². The summed E-state index contributed by atoms with van der Waals surface area (Å²) in [5.41, 5.74) is 8.74. The van der Waals surface area contributed by atoms with Crippen molar-refractivity contribution in [2.24, 2.45) is 5.73 Å². The van der Waals surface area contributed by atoms with E-state index in [-0.39, 0.29) is 0 Å². The topological polar surface area (TPSA) is 35.2 Å². The van der Waals surface area contributed by atoms with Crippen LogP contribution in [0.2, 0.25) is 0 Å². The first kappa shape index (κ1) is 12.6. The van der Waals surface area contributed by atoms with Crippen LogP contribution in [0.5, 0.6) is 5.75 Å². The van der Waals surface area contributed by atoms with Crippen LogP contribution in [0.15, 0.2) is 48.5 Å². The second-order valence-corrected chi connectivity index (χ2v) is 4.34. The van der Waals surface area contributed by atoms with Crippen LogP contribution >= 0.6 is 12.2 Å². The van der Waals surface area contributed by atoms with Crippen molar-refractivity contribution in [1.29, 1.82) is 0 Å². The summed E-state index contributed by atoms with van der Waals surface area (Å²) in [6.07, 6.45) is 0. The van der Waals surface area contributed by atoms with Crippen molar-refractivity contribution in [2.45, 2.75) is 6.92 Å². The van der Waals surface area contributed by atoms with Gasteiger partial charge in [0.25, 0.3) is 0 Å². The van der Waals surface area contributed by atoms with Crippen LogP contribution in [0.25, 0.3) is 11.1 Å². The minimum atomic E-state index is 0.424. The van der Waals surface area contributed by atoms with E-state index >= 15 is 0 Å². The molecule has 2 aromatic carbocycles. The largest absolute Gasteiger partial charge is 0.494 e. The molecular formula is C15H15NOS. The standard InChI is InChI=1S/C15H15NOS/c1-2-17-14-9-7-12(8-10-14)11-3-5-13(6-4-11)15(16)18/h3-10H,2H2,1H3,(H2,16,18). The second-order valence-electron chi connectivity index (χ2n) is 3.90. The van der Waals surface area contributed by atoms with E-state index in [0.29, 0.717) is 11.6 Å². The van der Waals surface area contributed by atoms with Crippen LogP contribution in [-0.2, 0) is 0 Å². The number of nitrogens with two attached hydrogens (primary N) is 1. The van der Waals surface area contributed by atoms with Gasteiger partial charge >= 0.3 is 0 Å². The molecule has 92 valence electrons. The predicted octanol–water partition coefficient (Wildman–Crippen LogP) is 3.39. The maximum atomic E-state index is 5.57. The van der Waals surface area contributed by atoms with Crippen LogP contribution in [0.3, 0.4) is 0 Å². The first-order valence-electron chi connectivity index (χ1n) is 5.84. The van der Waals surface area contributed by atoms with E-state index in [1.54, 1.807) is 0 Å². The van der Waals surface area contributed by atoms with Crippen LogP contribution in [0.4, 0.5) is 0 Å². The smallest absolute Gasteiger partial charge is 0.119 e. The molecule has 3 heteroatoms. The molecular weight excluding hydrogens is 242 g/mol. The molecule has 0 aliphatic heterocycles. The average molecular weight is 257 g/mol. The zero-order valence-electron chi connectivity index (χ0n) is 10.2. The lowest BCUT2D eigenvalue weighted by Crippen LogP contribution is -2.08. The van der Waals surface area contributed by atoms with Crippen LogP contribution in [-0.4, -0.2) is 11.6 Å². The van der Waals surface area contributed by atoms with Gasteiger partial charge in [0, 0.05) is 5.56 Å². The van der Waals surface area contributed by atoms with Crippen molar-refractivity contribution in [1.82, 2.24) is 0 Å². The van der Waals surface area contributed by atoms with Gasteiger partial charge in [-0.2, -0.15) is 0 Å². The Labute approximate surface area is 112 Å². The number of hydrogen-bond acceptors (Lipinski definition) is 2. The fourth-order valence-electron chi connectivity index (χ4n) is 1.74. The number of ether oxygens (including phenoxy) is 1. The highest BCUT2D eigenvalue weighted by Gasteiger charge is 2.00. The Morgan fingerprint density at radius 1 is 1.00 bits per heavy atom. The average Bonchev–Trinajstić information content (AvgIpc) is 2.40. The molecule has 18 heavy (non-hydrogen) atoms. The van der Waals surface area contributed by atoms with Gasteiger partial charge < -0.3 is 10.5 Å². The maximum absolute atomic E-state index is 5.57. The van der Waals surface area contributed by atoms with Crippen LogP contribution in [0, 0.1) is 0 Å². The lowest BCUT2D eigenvalue weighted by molar-refractivity contribution is 0.340. The molecule has 0 spiro atoms. The molecule has 0 atom stereocenters. The molecule has 2 N–H and O–H groups in total. The van der Waals surface area contributed by atoms with Crippen molar-refractivity contribution >= 4 is 17.2 Å². The Morgan fingerprint density at radius 3 is 1.94 bits per heavy atom. The lowest BCUT2D eigenvalue weighted by atomic mass is 10.0. The van der Waals surface area contributed by atoms with E-state index in [9.17, 15) is 0 Å². The Balaban J connectivity index is 2.23. The molecule has 0 aromatic heterocycles. The zero-order chi connectivity index (χ0) is 13.0. The molecule has 0 heterocycles. The van der Waals surface area contributed by atoms with Gasteiger partial charge in [-0.1, -0.05) is 48.6 Å². The number of thiocarbonyl (C=S) groups is 1. The molecule has 2 aromatic rings. The van der Waals surface area contributed by atoms with Crippen molar-refractivity contribution < 1.29 is 4.74 Å². The number of hydrogen-bond donors (Lipinski definition) is 1. The quantitative estimate of drug-likeness (QED) is 0.853. The van der Waals surface area contributed by atoms with E-state index in [4.69, 9.17) is 22.7 Å². The van der Waals surface area contributed by atoms with Gasteiger partial charge in [0.2, 0.25) is 0 Å². The van der Waals surface area contributed by atoms with E-state index in [1.807, 2.05) is 55.5 Å². The second kappa shape index (κ2) is 5.65. The third-order valence-corrected chi connectivity index (χ3v) is 2.90. The van der Waals surface area contributed by atoms with Gasteiger partial charge in [0.1, 0.15) is 10.7 Å². The van der Waals surface area contributed by atoms with Gasteiger partial charge in [-0.25, -0.2) is 0 Å². The summed E-state index contributed by atoms with van der Waals surface area (Å²) in [5, 5.41) is 0. The maximum Gasteiger partial charge on any atom is 0.119 e. The molecule has 0 amide bonds. The molecule has 2 nitrogen and oxygen atoms in total. The van der Waals surface area contributed by atoms with Crippen molar-refractivity contribution in [3.05, 3.63) is 54.1 Å². The highest BCUT2D eigenvalue weighted by Crippen LogP contribution is 2.22. The molecule has 0 radical (unpaired) electrons. The number of benzene rings is 2. The molecule has 2 rings (SSSR count). The molecule has 0 unspecified atom stereocenters. The monoisotopic (exact) mass is 257 g/mol. The fraction of sp³-hybridized carbons (Fsp3) is 0.133. The molecule has 0 aliphatic rings. The van der Waals surface area contributed by atoms with Crippen molar-refractivity contribution in [3.8, 4) is 16.9 Å². The summed E-state index contributed by atoms with van der Waals surface area (Å²) in [5.74, 6) is 0.890. The molecule has 0 bridgehead atoms. The fourth-order valence-corrected chi connectivity index (χ4v) is 1.87. The van der Waals surface area contributed by atoms with Gasteiger partial charge in [0.05, 0.1) is 6.61 Å². The first-order chi connectivity index (χ1) is 8.70. The van der Waals surface area contributed by atoms with E-state index < -0.39 is 0 Å². The van der Waals surface area contributed by atoms with Gasteiger partial charge in [-0.3, -0.25) is 0 Å². The zero-order valence-corrected chi connectivity index (χ0v) is 11.0. The van der Waals surface area contributed by atoms with Crippen LogP contribution in [0.1, 0.15) is 12.5 Å². The Bertz CT molecular complexity index is 531. The van der Waals surface area contributed by atoms with E-state index in [2.05, 4.69) is 0 Å². The van der Waals surface area contributed by atoms with Gasteiger partial charge in [0.15, 0.2) is 0 Å². The summed E-state index contributed by atoms with van der Waals surface area (Å²) in [7, 11) is 0. The van der Waals surface area contributed by atoms with Crippen LogP contribution < -0.4 is 10.5 Å². The predicted molar refractivity (Wildman–Crippen MR) is 78.9 cm³/mol. The van der Waals surface area contributed by atoms with E-state index in [0.717, 1.165) is 22.4 Å². The lowest BCUT2D eigenvalue weighted by Gasteiger charge is -2.06. The van der Waals surface area contributed by atoms with Crippen molar-refractivity contribution in [2.75, 3.05) is 6.61 Å². The molecule has 0 saturated heterocycles. The normalized spacial score (nSPS) is 10.1. The number of rotatable bonds is 4. The Kier molecular flexibility index (Phi) is 3.95. The SMILES string of the molecule is CCOc1ccc(-c2ccc(C(N)=S)cc2)cc1. The minimum Gasteiger partial charge on any atom is -0.494 e. The molecule has 0 aliphatic carbocycles. The van der Waals surface area contributed by atoms with E-state index in [1.165, 1.54) is 0 Å².